The van der Waals surface area contributed by atoms with Crippen molar-refractivity contribution in [3.63, 3.8) is 0 Å². The molecule has 0 saturated carbocycles. The maximum atomic E-state index is 11.5. The van der Waals surface area contributed by atoms with Crippen LogP contribution in [0.1, 0.15) is 136 Å². The van der Waals surface area contributed by atoms with E-state index in [-0.39, 0.29) is 35.7 Å². The van der Waals surface area contributed by atoms with Crippen LogP contribution in [0, 0.1) is 0 Å². The van der Waals surface area contributed by atoms with E-state index in [0.29, 0.717) is 12.8 Å². The van der Waals surface area contributed by atoms with Gasteiger partial charge in [-0.25, -0.2) is 8.42 Å². The average Bonchev–Trinajstić information content (AvgIpc) is 2.64. The fraction of sp³-hybridized carbons (Fsp3) is 1.00. The first kappa shape index (κ1) is 32.1. The molecule has 0 fully saturated rings. The van der Waals surface area contributed by atoms with Crippen molar-refractivity contribution >= 4 is 10.1 Å². The third-order valence-electron chi connectivity index (χ3n) is 5.74. The largest absolute Gasteiger partial charge is 1.00 e. The Bertz CT molecular complexity index is 429. The smallest absolute Gasteiger partial charge is 0.748 e. The molecule has 0 aliphatic carbocycles. The molecule has 0 aliphatic heterocycles. The predicted molar refractivity (Wildman–Crippen MR) is 119 cm³/mol. The molecule has 0 heterocycles. The number of unbranched alkanes of at least 4 members (excludes halogenated alkanes) is 12. The van der Waals surface area contributed by atoms with Gasteiger partial charge in [0.25, 0.3) is 0 Å². The molecule has 6 heteroatoms. The first-order chi connectivity index (χ1) is 13.4. The van der Waals surface area contributed by atoms with Crippen molar-refractivity contribution in [1.82, 2.24) is 0 Å². The van der Waals surface area contributed by atoms with E-state index in [1.807, 2.05) is 0 Å². The van der Waals surface area contributed by atoms with Gasteiger partial charge in [-0.2, -0.15) is 0 Å². The van der Waals surface area contributed by atoms with Crippen molar-refractivity contribution in [2.24, 2.45) is 0 Å². The molecule has 0 amide bonds. The molecule has 0 aromatic carbocycles. The SMILES string of the molecule is CCCCCCCCC(CCCCCCC(O)CCCCCCC)S(=O)(=O)[O-].[Na+]. The standard InChI is InChI=1S/C23H48O4S.Na/c1-3-5-7-9-11-16-20-23(28(25,26)27)21-17-13-12-15-19-22(24)18-14-10-8-6-4-2;/h22-24H,3-21H2,1-2H3,(H,25,26,27);/q;+1/p-1. The van der Waals surface area contributed by atoms with E-state index < -0.39 is 15.4 Å². The molecule has 0 rings (SSSR count). The number of hydrogen-bond acceptors (Lipinski definition) is 4. The van der Waals surface area contributed by atoms with Crippen LogP contribution in [0.4, 0.5) is 0 Å². The van der Waals surface area contributed by atoms with E-state index >= 15 is 0 Å². The van der Waals surface area contributed by atoms with E-state index in [0.717, 1.165) is 64.2 Å². The average molecular weight is 443 g/mol. The number of aliphatic hydroxyl groups is 1. The zero-order valence-electron chi connectivity index (χ0n) is 19.7. The minimum absolute atomic E-state index is 0. The molecule has 0 radical (unpaired) electrons. The van der Waals surface area contributed by atoms with E-state index in [9.17, 15) is 18.1 Å². The summed E-state index contributed by atoms with van der Waals surface area (Å²) in [5.74, 6) is 0. The topological polar surface area (TPSA) is 77.4 Å². The van der Waals surface area contributed by atoms with E-state index in [2.05, 4.69) is 13.8 Å². The summed E-state index contributed by atoms with van der Waals surface area (Å²) in [6.07, 6.45) is 19.1. The fourth-order valence-corrected chi connectivity index (χ4v) is 4.73. The first-order valence-electron chi connectivity index (χ1n) is 12.0. The van der Waals surface area contributed by atoms with Crippen molar-refractivity contribution in [3.05, 3.63) is 0 Å². The third-order valence-corrected chi connectivity index (χ3v) is 7.03. The van der Waals surface area contributed by atoms with Gasteiger partial charge in [0.2, 0.25) is 0 Å². The van der Waals surface area contributed by atoms with Crippen LogP contribution in [0.3, 0.4) is 0 Å². The summed E-state index contributed by atoms with van der Waals surface area (Å²) in [7, 11) is -4.18. The van der Waals surface area contributed by atoms with Crippen LogP contribution >= 0.6 is 0 Å². The van der Waals surface area contributed by atoms with Gasteiger partial charge in [-0.05, 0) is 25.7 Å². The Morgan fingerprint density at radius 1 is 0.621 bits per heavy atom. The molecule has 0 aromatic rings. The third kappa shape index (κ3) is 21.9. The van der Waals surface area contributed by atoms with Gasteiger partial charge in [-0.15, -0.1) is 0 Å². The van der Waals surface area contributed by atoms with Crippen LogP contribution in [0.5, 0.6) is 0 Å². The van der Waals surface area contributed by atoms with Gasteiger partial charge in [-0.3, -0.25) is 0 Å². The Hall–Kier alpha value is 0.870. The molecule has 4 nitrogen and oxygen atoms in total. The number of hydrogen-bond donors (Lipinski definition) is 1. The summed E-state index contributed by atoms with van der Waals surface area (Å²) >= 11 is 0. The predicted octanol–water partition coefficient (Wildman–Crippen LogP) is 3.72. The minimum atomic E-state index is -4.18. The summed E-state index contributed by atoms with van der Waals surface area (Å²) in [6, 6.07) is 0. The maximum absolute atomic E-state index is 11.5. The van der Waals surface area contributed by atoms with Gasteiger partial charge in [0.05, 0.1) is 16.2 Å². The molecule has 0 saturated heterocycles. The van der Waals surface area contributed by atoms with Crippen molar-refractivity contribution in [2.75, 3.05) is 0 Å². The minimum Gasteiger partial charge on any atom is -0.748 e. The van der Waals surface area contributed by atoms with Gasteiger partial charge in [0.15, 0.2) is 0 Å². The van der Waals surface area contributed by atoms with Crippen molar-refractivity contribution in [2.45, 2.75) is 147 Å². The Kier molecular flexibility index (Phi) is 24.4. The second-order valence-corrected chi connectivity index (χ2v) is 10.2. The molecule has 0 aromatic heterocycles. The van der Waals surface area contributed by atoms with Crippen LogP contribution in [-0.4, -0.2) is 29.4 Å². The van der Waals surface area contributed by atoms with Gasteiger partial charge in [0, 0.05) is 5.25 Å². The molecular weight excluding hydrogens is 395 g/mol. The summed E-state index contributed by atoms with van der Waals surface area (Å²) in [5, 5.41) is 9.31. The summed E-state index contributed by atoms with van der Waals surface area (Å²) < 4.78 is 34.5. The molecule has 2 atom stereocenters. The first-order valence-corrected chi connectivity index (χ1v) is 13.5. The van der Waals surface area contributed by atoms with E-state index in [1.165, 1.54) is 44.9 Å². The Morgan fingerprint density at radius 2 is 0.931 bits per heavy atom. The molecule has 1 N–H and O–H groups in total. The Labute approximate surface area is 204 Å². The van der Waals surface area contributed by atoms with Gasteiger partial charge in [-0.1, -0.05) is 110 Å². The van der Waals surface area contributed by atoms with Crippen LogP contribution in [0.25, 0.3) is 0 Å². The second-order valence-electron chi connectivity index (χ2n) is 8.52. The molecular formula is C23H47NaO4S. The molecule has 0 spiro atoms. The molecule has 0 bridgehead atoms. The number of rotatable bonds is 21. The van der Waals surface area contributed by atoms with Gasteiger partial charge in [0.1, 0.15) is 0 Å². The van der Waals surface area contributed by atoms with Crippen molar-refractivity contribution in [1.29, 1.82) is 0 Å². The van der Waals surface area contributed by atoms with Crippen molar-refractivity contribution < 1.29 is 47.6 Å². The van der Waals surface area contributed by atoms with Crippen LogP contribution in [0.2, 0.25) is 0 Å². The van der Waals surface area contributed by atoms with E-state index in [4.69, 9.17) is 0 Å². The molecule has 29 heavy (non-hydrogen) atoms. The van der Waals surface area contributed by atoms with Gasteiger partial charge < -0.3 is 9.66 Å². The Morgan fingerprint density at radius 3 is 1.28 bits per heavy atom. The van der Waals surface area contributed by atoms with E-state index in [1.54, 1.807) is 0 Å². The molecule has 2 unspecified atom stereocenters. The fourth-order valence-electron chi connectivity index (χ4n) is 3.82. The van der Waals surface area contributed by atoms with Crippen molar-refractivity contribution in [3.8, 4) is 0 Å². The monoisotopic (exact) mass is 442 g/mol. The summed E-state index contributed by atoms with van der Waals surface area (Å²) in [6.45, 7) is 4.38. The van der Waals surface area contributed by atoms with Gasteiger partial charge >= 0.3 is 29.6 Å². The van der Waals surface area contributed by atoms with Crippen LogP contribution in [0.15, 0.2) is 0 Å². The maximum Gasteiger partial charge on any atom is 1.00 e. The van der Waals surface area contributed by atoms with Crippen LogP contribution < -0.4 is 29.6 Å². The summed E-state index contributed by atoms with van der Waals surface area (Å²) in [4.78, 5) is 0. The normalized spacial score (nSPS) is 13.8. The molecule has 0 aliphatic rings. The zero-order chi connectivity index (χ0) is 21.1. The Balaban J connectivity index is 0. The molecule has 170 valence electrons. The zero-order valence-corrected chi connectivity index (χ0v) is 22.5. The summed E-state index contributed by atoms with van der Waals surface area (Å²) in [5.41, 5.74) is 0. The number of aliphatic hydroxyl groups excluding tert-OH is 1. The quantitative estimate of drug-likeness (QED) is 0.167. The second kappa shape index (κ2) is 22.1. The van der Waals surface area contributed by atoms with Crippen LogP contribution in [-0.2, 0) is 10.1 Å².